The number of furan rings is 1. The van der Waals surface area contributed by atoms with Gasteiger partial charge in [0.05, 0.1) is 18.4 Å². The van der Waals surface area contributed by atoms with Crippen LogP contribution in [0.3, 0.4) is 0 Å². The number of aromatic nitrogens is 3. The van der Waals surface area contributed by atoms with Crippen LogP contribution in [0.25, 0.3) is 22.8 Å². The fourth-order valence-corrected chi connectivity index (χ4v) is 2.91. The normalized spacial score (nSPS) is 10.8. The van der Waals surface area contributed by atoms with E-state index in [1.165, 1.54) is 23.1 Å². The Balaban J connectivity index is 1.50. The molecule has 9 heteroatoms. The first-order valence-corrected chi connectivity index (χ1v) is 9.47. The van der Waals surface area contributed by atoms with Crippen molar-refractivity contribution in [3.8, 4) is 22.8 Å². The number of pyridine rings is 1. The first-order chi connectivity index (χ1) is 14.1. The van der Waals surface area contributed by atoms with Crippen LogP contribution in [0.2, 0.25) is 0 Å². The number of rotatable bonds is 6. The molecular weight excluding hydrogens is 440 g/mol. The quantitative estimate of drug-likeness (QED) is 0.479. The second kappa shape index (κ2) is 8.27. The monoisotopic (exact) mass is 454 g/mol. The minimum atomic E-state index is -0.318. The number of halogens is 1. The number of carbonyl (C=O) groups excluding carboxylic acids is 1. The van der Waals surface area contributed by atoms with E-state index in [1.54, 1.807) is 18.2 Å². The van der Waals surface area contributed by atoms with E-state index in [0.29, 0.717) is 17.1 Å². The maximum Gasteiger partial charge on any atom is 0.259 e. The van der Waals surface area contributed by atoms with Gasteiger partial charge in [0.2, 0.25) is 11.7 Å². The molecule has 0 bridgehead atoms. The molecule has 3 aromatic heterocycles. The first-order valence-electron chi connectivity index (χ1n) is 8.68. The van der Waals surface area contributed by atoms with E-state index in [0.717, 1.165) is 10.0 Å². The minimum absolute atomic E-state index is 0.138. The van der Waals surface area contributed by atoms with Crippen molar-refractivity contribution in [1.29, 1.82) is 0 Å². The minimum Gasteiger partial charge on any atom is -0.467 e. The number of nitrogens with one attached hydrogen (secondary N) is 1. The third-order valence-corrected chi connectivity index (χ3v) is 4.64. The largest absolute Gasteiger partial charge is 0.467 e. The highest BCUT2D eigenvalue weighted by molar-refractivity contribution is 9.10. The number of nitrogens with zero attached hydrogens (tertiary/aromatic N) is 3. The molecule has 0 atom stereocenters. The summed E-state index contributed by atoms with van der Waals surface area (Å²) in [4.78, 5) is 28.7. The van der Waals surface area contributed by atoms with Gasteiger partial charge in [0.15, 0.2) is 0 Å². The Morgan fingerprint density at radius 2 is 1.90 bits per heavy atom. The van der Waals surface area contributed by atoms with Gasteiger partial charge in [0, 0.05) is 22.3 Å². The summed E-state index contributed by atoms with van der Waals surface area (Å²) in [5, 5.41) is 6.69. The van der Waals surface area contributed by atoms with Gasteiger partial charge < -0.3 is 18.8 Å². The van der Waals surface area contributed by atoms with Crippen LogP contribution in [0.5, 0.6) is 0 Å². The van der Waals surface area contributed by atoms with Crippen molar-refractivity contribution in [2.24, 2.45) is 0 Å². The maximum absolute atomic E-state index is 12.2. The van der Waals surface area contributed by atoms with Crippen molar-refractivity contribution in [2.75, 3.05) is 0 Å². The molecule has 0 saturated carbocycles. The zero-order valence-corrected chi connectivity index (χ0v) is 16.6. The van der Waals surface area contributed by atoms with Crippen molar-refractivity contribution in [2.45, 2.75) is 13.1 Å². The zero-order valence-electron chi connectivity index (χ0n) is 15.0. The predicted octanol–water partition coefficient (Wildman–Crippen LogP) is 3.24. The lowest BCUT2D eigenvalue weighted by molar-refractivity contribution is -0.121. The lowest BCUT2D eigenvalue weighted by Gasteiger charge is -2.07. The van der Waals surface area contributed by atoms with Crippen LogP contribution >= 0.6 is 15.9 Å². The van der Waals surface area contributed by atoms with Crippen LogP contribution in [0, 0.1) is 0 Å². The molecule has 4 aromatic rings. The van der Waals surface area contributed by atoms with Crippen molar-refractivity contribution in [1.82, 2.24) is 20.0 Å². The number of hydrogen-bond donors (Lipinski definition) is 1. The van der Waals surface area contributed by atoms with Crippen LogP contribution in [0.1, 0.15) is 5.76 Å². The van der Waals surface area contributed by atoms with Crippen molar-refractivity contribution in [3.63, 3.8) is 0 Å². The molecule has 0 fully saturated rings. The van der Waals surface area contributed by atoms with E-state index in [1.807, 2.05) is 24.3 Å². The van der Waals surface area contributed by atoms with E-state index in [4.69, 9.17) is 8.94 Å². The Labute approximate surface area is 173 Å². The van der Waals surface area contributed by atoms with Crippen LogP contribution < -0.4 is 10.9 Å². The molecule has 0 unspecified atom stereocenters. The molecule has 0 aliphatic carbocycles. The summed E-state index contributed by atoms with van der Waals surface area (Å²) in [5.74, 6) is 1.00. The molecule has 29 heavy (non-hydrogen) atoms. The zero-order chi connectivity index (χ0) is 20.2. The molecule has 0 aliphatic rings. The van der Waals surface area contributed by atoms with Gasteiger partial charge in [-0.05, 0) is 42.5 Å². The van der Waals surface area contributed by atoms with Gasteiger partial charge in [0.1, 0.15) is 12.3 Å². The van der Waals surface area contributed by atoms with Gasteiger partial charge in [-0.1, -0.05) is 21.1 Å². The molecular formula is C20H15BrN4O4. The van der Waals surface area contributed by atoms with Gasteiger partial charge in [-0.2, -0.15) is 4.98 Å². The summed E-state index contributed by atoms with van der Waals surface area (Å²) >= 11 is 3.38. The highest BCUT2D eigenvalue weighted by Gasteiger charge is 2.13. The predicted molar refractivity (Wildman–Crippen MR) is 108 cm³/mol. The molecule has 0 aliphatic heterocycles. The molecule has 0 saturated heterocycles. The van der Waals surface area contributed by atoms with Gasteiger partial charge in [-0.25, -0.2) is 0 Å². The van der Waals surface area contributed by atoms with E-state index < -0.39 is 0 Å². The molecule has 146 valence electrons. The van der Waals surface area contributed by atoms with Crippen molar-refractivity contribution < 1.29 is 13.7 Å². The number of amides is 1. The first kappa shape index (κ1) is 18.9. The van der Waals surface area contributed by atoms with Crippen molar-refractivity contribution >= 4 is 21.8 Å². The summed E-state index contributed by atoms with van der Waals surface area (Å²) in [5.41, 5.74) is 1.03. The summed E-state index contributed by atoms with van der Waals surface area (Å²) in [6.45, 7) is 0.113. The lowest BCUT2D eigenvalue weighted by atomic mass is 10.2. The summed E-state index contributed by atoms with van der Waals surface area (Å²) < 4.78 is 12.7. The maximum atomic E-state index is 12.2. The van der Waals surface area contributed by atoms with E-state index in [-0.39, 0.29) is 30.4 Å². The standard InChI is InChI=1S/C20H15BrN4O4/c21-15-6-3-13(4-7-15)19-23-20(29-24-19)14-5-8-18(27)25(11-14)12-17(26)22-10-16-2-1-9-28-16/h1-9,11H,10,12H2,(H,22,26). The Kier molecular flexibility index (Phi) is 5.39. The molecule has 1 amide bonds. The summed E-state index contributed by atoms with van der Waals surface area (Å²) in [6, 6.07) is 13.9. The summed E-state index contributed by atoms with van der Waals surface area (Å²) in [7, 11) is 0. The Bertz CT molecular complexity index is 1180. The highest BCUT2D eigenvalue weighted by atomic mass is 79.9. The second-order valence-electron chi connectivity index (χ2n) is 6.17. The molecule has 4 rings (SSSR count). The highest BCUT2D eigenvalue weighted by Crippen LogP contribution is 2.22. The number of carbonyl (C=O) groups is 1. The fourth-order valence-electron chi connectivity index (χ4n) is 2.65. The molecule has 0 spiro atoms. The third-order valence-electron chi connectivity index (χ3n) is 4.11. The van der Waals surface area contributed by atoms with Gasteiger partial charge in [-0.15, -0.1) is 0 Å². The smallest absolute Gasteiger partial charge is 0.259 e. The van der Waals surface area contributed by atoms with Crippen LogP contribution in [-0.4, -0.2) is 20.6 Å². The van der Waals surface area contributed by atoms with Crippen LogP contribution in [0.4, 0.5) is 0 Å². The molecule has 8 nitrogen and oxygen atoms in total. The van der Waals surface area contributed by atoms with Gasteiger partial charge in [-0.3, -0.25) is 9.59 Å². The average molecular weight is 455 g/mol. The Morgan fingerprint density at radius 3 is 2.66 bits per heavy atom. The number of hydrogen-bond acceptors (Lipinski definition) is 6. The van der Waals surface area contributed by atoms with Gasteiger partial charge >= 0.3 is 0 Å². The van der Waals surface area contributed by atoms with E-state index in [9.17, 15) is 9.59 Å². The van der Waals surface area contributed by atoms with E-state index >= 15 is 0 Å². The molecule has 1 aromatic carbocycles. The average Bonchev–Trinajstić information content (AvgIpc) is 3.41. The van der Waals surface area contributed by atoms with Crippen LogP contribution in [-0.2, 0) is 17.9 Å². The Morgan fingerprint density at radius 1 is 1.10 bits per heavy atom. The molecule has 0 radical (unpaired) electrons. The SMILES string of the molecule is O=C(Cn1cc(-c2nc(-c3ccc(Br)cc3)no2)ccc1=O)NCc1ccco1. The van der Waals surface area contributed by atoms with E-state index in [2.05, 4.69) is 31.4 Å². The third kappa shape index (κ3) is 4.52. The molecule has 1 N–H and O–H groups in total. The topological polar surface area (TPSA) is 103 Å². The Hall–Kier alpha value is -3.46. The second-order valence-corrected chi connectivity index (χ2v) is 7.09. The van der Waals surface area contributed by atoms with Gasteiger partial charge in [0.25, 0.3) is 11.4 Å². The summed E-state index contributed by atoms with van der Waals surface area (Å²) in [6.07, 6.45) is 3.05. The number of benzene rings is 1. The molecule has 3 heterocycles. The fraction of sp³-hybridized carbons (Fsp3) is 0.100. The lowest BCUT2D eigenvalue weighted by Crippen LogP contribution is -2.31. The van der Waals surface area contributed by atoms with Crippen molar-refractivity contribution in [3.05, 3.63) is 81.6 Å². The van der Waals surface area contributed by atoms with Crippen LogP contribution in [0.15, 0.2) is 79.2 Å².